The fraction of sp³-hybridized carbons (Fsp3) is 0.348. The molecule has 0 radical (unpaired) electrons. The molecule has 31 heavy (non-hydrogen) atoms. The third-order valence-electron chi connectivity index (χ3n) is 4.63. The predicted molar refractivity (Wildman–Crippen MR) is 116 cm³/mol. The molecule has 0 bridgehead atoms. The summed E-state index contributed by atoms with van der Waals surface area (Å²) < 4.78 is 5.33. The minimum absolute atomic E-state index is 0.0364. The molecule has 0 aliphatic carbocycles. The topological polar surface area (TPSA) is 102 Å². The van der Waals surface area contributed by atoms with Gasteiger partial charge in [0.25, 0.3) is 5.69 Å². The maximum Gasteiger partial charge on any atom is 0.270 e. The Bertz CT molecular complexity index is 1040. The number of rotatable bonds is 8. The lowest BCUT2D eigenvalue weighted by atomic mass is 9.91. The quantitative estimate of drug-likeness (QED) is 0.387. The van der Waals surface area contributed by atoms with Gasteiger partial charge in [-0.3, -0.25) is 14.9 Å². The number of aromatic nitrogens is 2. The first-order valence-corrected chi connectivity index (χ1v) is 10.1. The summed E-state index contributed by atoms with van der Waals surface area (Å²) in [5.74, 6) is 0.729. The minimum Gasteiger partial charge on any atom is -0.339 e. The van der Waals surface area contributed by atoms with Gasteiger partial charge in [-0.15, -0.1) is 0 Å². The van der Waals surface area contributed by atoms with Crippen molar-refractivity contribution in [3.05, 3.63) is 76.2 Å². The van der Waals surface area contributed by atoms with Crippen molar-refractivity contribution in [3.63, 3.8) is 0 Å². The molecule has 3 aromatic rings. The van der Waals surface area contributed by atoms with Crippen molar-refractivity contribution in [1.29, 1.82) is 0 Å². The molecule has 8 nitrogen and oxygen atoms in total. The van der Waals surface area contributed by atoms with E-state index in [1.54, 1.807) is 17.0 Å². The van der Waals surface area contributed by atoms with E-state index in [1.165, 1.54) is 12.1 Å². The summed E-state index contributed by atoms with van der Waals surface area (Å²) in [4.78, 5) is 29.6. The zero-order valence-electron chi connectivity index (χ0n) is 17.9. The molecule has 0 atom stereocenters. The average Bonchev–Trinajstić information content (AvgIpc) is 3.19. The second-order valence-electron chi connectivity index (χ2n) is 8.61. The first-order valence-electron chi connectivity index (χ1n) is 10.1. The van der Waals surface area contributed by atoms with Crippen LogP contribution in [0.1, 0.15) is 38.6 Å². The van der Waals surface area contributed by atoms with Crippen molar-refractivity contribution in [2.75, 3.05) is 6.54 Å². The molecule has 0 saturated carbocycles. The Labute approximate surface area is 181 Å². The highest BCUT2D eigenvalue weighted by Gasteiger charge is 2.22. The summed E-state index contributed by atoms with van der Waals surface area (Å²) in [7, 11) is 0. The molecule has 0 saturated heterocycles. The Morgan fingerprint density at radius 1 is 1.13 bits per heavy atom. The molecule has 1 heterocycles. The van der Waals surface area contributed by atoms with Crippen molar-refractivity contribution in [1.82, 2.24) is 15.0 Å². The van der Waals surface area contributed by atoms with E-state index in [1.807, 2.05) is 51.1 Å². The van der Waals surface area contributed by atoms with Crippen LogP contribution in [0.5, 0.6) is 0 Å². The summed E-state index contributed by atoms with van der Waals surface area (Å²) in [6.45, 7) is 7.04. The van der Waals surface area contributed by atoms with Crippen LogP contribution >= 0.6 is 0 Å². The second kappa shape index (κ2) is 9.51. The normalized spacial score (nSPS) is 11.3. The van der Waals surface area contributed by atoms with Gasteiger partial charge in [-0.25, -0.2) is 0 Å². The number of nitro benzene ring substituents is 1. The number of non-ortho nitro benzene ring substituents is 1. The summed E-state index contributed by atoms with van der Waals surface area (Å²) in [6, 6.07) is 15.9. The number of carbonyl (C=O) groups is 1. The summed E-state index contributed by atoms with van der Waals surface area (Å²) in [5, 5.41) is 14.9. The van der Waals surface area contributed by atoms with Gasteiger partial charge < -0.3 is 9.42 Å². The van der Waals surface area contributed by atoms with Crippen LogP contribution < -0.4 is 0 Å². The first-order chi connectivity index (χ1) is 14.7. The van der Waals surface area contributed by atoms with Crippen molar-refractivity contribution in [3.8, 4) is 11.4 Å². The third kappa shape index (κ3) is 6.47. The zero-order valence-corrected chi connectivity index (χ0v) is 17.9. The minimum atomic E-state index is -0.465. The van der Waals surface area contributed by atoms with Gasteiger partial charge in [0.05, 0.1) is 4.92 Å². The van der Waals surface area contributed by atoms with Crippen molar-refractivity contribution in [2.45, 2.75) is 40.2 Å². The zero-order chi connectivity index (χ0) is 22.4. The van der Waals surface area contributed by atoms with E-state index in [0.717, 1.165) is 5.56 Å². The molecule has 8 heteroatoms. The molecule has 3 rings (SSSR count). The molecule has 1 amide bonds. The largest absolute Gasteiger partial charge is 0.339 e. The number of hydrogen-bond acceptors (Lipinski definition) is 6. The lowest BCUT2D eigenvalue weighted by molar-refractivity contribution is -0.384. The van der Waals surface area contributed by atoms with Gasteiger partial charge in [-0.2, -0.15) is 4.98 Å². The highest BCUT2D eigenvalue weighted by molar-refractivity contribution is 5.76. The lowest BCUT2D eigenvalue weighted by Gasteiger charge is -2.26. The van der Waals surface area contributed by atoms with Crippen LogP contribution in [0.2, 0.25) is 0 Å². The second-order valence-corrected chi connectivity index (χ2v) is 8.61. The van der Waals surface area contributed by atoms with Gasteiger partial charge in [-0.05, 0) is 11.0 Å². The van der Waals surface area contributed by atoms with Gasteiger partial charge in [0, 0.05) is 43.6 Å². The Morgan fingerprint density at radius 3 is 2.55 bits per heavy atom. The lowest BCUT2D eigenvalue weighted by Crippen LogP contribution is -2.34. The number of hydrogen-bond donors (Lipinski definition) is 0. The van der Waals surface area contributed by atoms with Gasteiger partial charge in [0.2, 0.25) is 17.6 Å². The number of benzene rings is 2. The molecule has 162 valence electrons. The van der Waals surface area contributed by atoms with Gasteiger partial charge in [-0.1, -0.05) is 68.4 Å². The molecule has 1 aromatic heterocycles. The fourth-order valence-corrected chi connectivity index (χ4v) is 3.12. The summed E-state index contributed by atoms with van der Waals surface area (Å²) >= 11 is 0. The number of nitro groups is 1. The molecular weight excluding hydrogens is 396 g/mol. The Balaban J connectivity index is 1.71. The SMILES string of the molecule is CC(C)(C)CC(=O)N(CCc1nc(-c2cccc([N+](=O)[O-])c2)no1)Cc1ccccc1. The molecule has 2 aromatic carbocycles. The Hall–Kier alpha value is -3.55. The van der Waals surface area contributed by atoms with E-state index < -0.39 is 4.92 Å². The van der Waals surface area contributed by atoms with E-state index >= 15 is 0 Å². The molecule has 0 aliphatic rings. The van der Waals surface area contributed by atoms with E-state index in [4.69, 9.17) is 4.52 Å². The van der Waals surface area contributed by atoms with Crippen LogP contribution in [-0.2, 0) is 17.8 Å². The van der Waals surface area contributed by atoms with Crippen LogP contribution in [0.25, 0.3) is 11.4 Å². The molecule has 0 spiro atoms. The third-order valence-corrected chi connectivity index (χ3v) is 4.63. The average molecular weight is 422 g/mol. The predicted octanol–water partition coefficient (Wildman–Crippen LogP) is 4.65. The summed E-state index contributed by atoms with van der Waals surface area (Å²) in [5.41, 5.74) is 1.40. The number of nitrogens with zero attached hydrogens (tertiary/aromatic N) is 4. The molecule has 0 unspecified atom stereocenters. The molecule has 0 N–H and O–H groups in total. The highest BCUT2D eigenvalue weighted by Crippen LogP contribution is 2.23. The number of amides is 1. The van der Waals surface area contributed by atoms with Crippen LogP contribution in [0.15, 0.2) is 59.1 Å². The van der Waals surface area contributed by atoms with Crippen molar-refractivity contribution in [2.24, 2.45) is 5.41 Å². The van der Waals surface area contributed by atoms with Crippen LogP contribution in [0, 0.1) is 15.5 Å². The monoisotopic (exact) mass is 422 g/mol. The van der Waals surface area contributed by atoms with E-state index in [-0.39, 0.29) is 22.8 Å². The maximum absolute atomic E-state index is 12.9. The molecular formula is C23H26N4O4. The Morgan fingerprint density at radius 2 is 1.87 bits per heavy atom. The fourth-order valence-electron chi connectivity index (χ4n) is 3.12. The van der Waals surface area contributed by atoms with Gasteiger partial charge in [0.1, 0.15) is 0 Å². The Kier molecular flexibility index (Phi) is 6.79. The van der Waals surface area contributed by atoms with Crippen LogP contribution in [0.3, 0.4) is 0 Å². The molecule has 0 fully saturated rings. The van der Waals surface area contributed by atoms with Crippen LogP contribution in [-0.4, -0.2) is 32.4 Å². The smallest absolute Gasteiger partial charge is 0.270 e. The van der Waals surface area contributed by atoms with Crippen molar-refractivity contribution < 1.29 is 14.2 Å². The summed E-state index contributed by atoms with van der Waals surface area (Å²) in [6.07, 6.45) is 0.827. The van der Waals surface area contributed by atoms with E-state index in [0.29, 0.717) is 37.4 Å². The molecule has 0 aliphatic heterocycles. The van der Waals surface area contributed by atoms with E-state index in [2.05, 4.69) is 10.1 Å². The standard InChI is InChI=1S/C23H26N4O4/c1-23(2,3)15-21(28)26(16-17-8-5-4-6-9-17)13-12-20-24-22(25-31-20)18-10-7-11-19(14-18)27(29)30/h4-11,14H,12-13,15-16H2,1-3H3. The van der Waals surface area contributed by atoms with Crippen LogP contribution in [0.4, 0.5) is 5.69 Å². The van der Waals surface area contributed by atoms with E-state index in [9.17, 15) is 14.9 Å². The first kappa shape index (κ1) is 22.1. The number of carbonyl (C=O) groups excluding carboxylic acids is 1. The van der Waals surface area contributed by atoms with Gasteiger partial charge in [0.15, 0.2) is 0 Å². The van der Waals surface area contributed by atoms with Gasteiger partial charge >= 0.3 is 0 Å². The maximum atomic E-state index is 12.9. The highest BCUT2D eigenvalue weighted by atomic mass is 16.6. The van der Waals surface area contributed by atoms with Crippen molar-refractivity contribution >= 4 is 11.6 Å².